The minimum Gasteiger partial charge on any atom is -0.384 e. The molecule has 0 aliphatic carbocycles. The lowest BCUT2D eigenvalue weighted by molar-refractivity contribution is 0.350. The van der Waals surface area contributed by atoms with Gasteiger partial charge in [-0.25, -0.2) is 0 Å². The van der Waals surface area contributed by atoms with Gasteiger partial charge in [-0.1, -0.05) is 54.3 Å². The van der Waals surface area contributed by atoms with Crippen LogP contribution in [-0.2, 0) is 6.54 Å². The fourth-order valence-electron chi connectivity index (χ4n) is 1.98. The van der Waals surface area contributed by atoms with Crippen molar-refractivity contribution >= 4 is 0 Å². The van der Waals surface area contributed by atoms with Gasteiger partial charge in [0.25, 0.3) is 0 Å². The molecule has 2 heteroatoms. The van der Waals surface area contributed by atoms with Crippen LogP contribution < -0.4 is 5.32 Å². The van der Waals surface area contributed by atoms with Crippen molar-refractivity contribution in [3.05, 3.63) is 71.3 Å². The molecule has 1 atom stereocenters. The van der Waals surface area contributed by atoms with Crippen molar-refractivity contribution in [2.45, 2.75) is 19.5 Å². The van der Waals surface area contributed by atoms with Crippen molar-refractivity contribution in [3.63, 3.8) is 0 Å². The highest BCUT2D eigenvalue weighted by molar-refractivity contribution is 5.36. The molecule has 0 unspecified atom stereocenters. The van der Waals surface area contributed by atoms with E-state index in [0.717, 1.165) is 12.1 Å². The van der Waals surface area contributed by atoms with E-state index in [1.165, 1.54) is 11.1 Å². The van der Waals surface area contributed by atoms with Crippen LogP contribution in [0.15, 0.2) is 54.6 Å². The molecule has 0 heterocycles. The average molecular weight is 265 g/mol. The van der Waals surface area contributed by atoms with E-state index in [1.54, 1.807) is 0 Å². The third kappa shape index (κ3) is 4.24. The van der Waals surface area contributed by atoms with Crippen LogP contribution in [0, 0.1) is 11.8 Å². The third-order valence-corrected chi connectivity index (χ3v) is 3.18. The molecule has 0 bridgehead atoms. The summed E-state index contributed by atoms with van der Waals surface area (Å²) in [5.41, 5.74) is 3.44. The van der Waals surface area contributed by atoms with Gasteiger partial charge in [-0.05, 0) is 30.2 Å². The lowest BCUT2D eigenvalue weighted by Gasteiger charge is -2.14. The fraction of sp³-hybridized carbons (Fsp3) is 0.222. The number of hydrogen-bond acceptors (Lipinski definition) is 2. The van der Waals surface area contributed by atoms with Gasteiger partial charge in [0.1, 0.15) is 6.61 Å². The Hall–Kier alpha value is -2.08. The molecule has 2 N–H and O–H groups in total. The topological polar surface area (TPSA) is 32.3 Å². The molecule has 0 saturated heterocycles. The van der Waals surface area contributed by atoms with Crippen molar-refractivity contribution in [1.29, 1.82) is 0 Å². The number of benzene rings is 2. The van der Waals surface area contributed by atoms with Crippen molar-refractivity contribution < 1.29 is 5.11 Å². The van der Waals surface area contributed by atoms with Crippen LogP contribution in [-0.4, -0.2) is 11.7 Å². The Kier molecular flexibility index (Phi) is 5.37. The summed E-state index contributed by atoms with van der Waals surface area (Å²) >= 11 is 0. The first-order valence-corrected chi connectivity index (χ1v) is 6.76. The molecule has 0 aliphatic heterocycles. The predicted octanol–water partition coefficient (Wildman–Crippen LogP) is 2.88. The summed E-state index contributed by atoms with van der Waals surface area (Å²) in [6.07, 6.45) is 0. The first-order chi connectivity index (χ1) is 9.79. The molecule has 0 amide bonds. The maximum absolute atomic E-state index is 8.65. The van der Waals surface area contributed by atoms with Crippen molar-refractivity contribution in [2.75, 3.05) is 6.61 Å². The van der Waals surface area contributed by atoms with Crippen LogP contribution in [0.2, 0.25) is 0 Å². The van der Waals surface area contributed by atoms with Crippen molar-refractivity contribution in [3.8, 4) is 11.8 Å². The first kappa shape index (κ1) is 14.3. The largest absolute Gasteiger partial charge is 0.384 e. The van der Waals surface area contributed by atoms with E-state index in [0.29, 0.717) is 6.04 Å². The maximum atomic E-state index is 8.65. The number of rotatable bonds is 4. The van der Waals surface area contributed by atoms with Gasteiger partial charge in [0, 0.05) is 18.2 Å². The Bertz CT molecular complexity index is 578. The van der Waals surface area contributed by atoms with E-state index in [4.69, 9.17) is 5.11 Å². The van der Waals surface area contributed by atoms with E-state index in [1.807, 2.05) is 18.2 Å². The van der Waals surface area contributed by atoms with E-state index in [2.05, 4.69) is 60.5 Å². The summed E-state index contributed by atoms with van der Waals surface area (Å²) in [6.45, 7) is 2.89. The van der Waals surface area contributed by atoms with Crippen LogP contribution in [0.5, 0.6) is 0 Å². The van der Waals surface area contributed by atoms with E-state index in [9.17, 15) is 0 Å². The van der Waals surface area contributed by atoms with Gasteiger partial charge in [-0.15, -0.1) is 0 Å². The smallest absolute Gasteiger partial charge is 0.104 e. The summed E-state index contributed by atoms with van der Waals surface area (Å²) in [7, 11) is 0. The molecule has 0 aromatic heterocycles. The number of hydrogen-bond donors (Lipinski definition) is 2. The Morgan fingerprint density at radius 2 is 1.75 bits per heavy atom. The van der Waals surface area contributed by atoms with Crippen LogP contribution in [0.25, 0.3) is 0 Å². The van der Waals surface area contributed by atoms with Gasteiger partial charge < -0.3 is 10.4 Å². The van der Waals surface area contributed by atoms with E-state index < -0.39 is 0 Å². The van der Waals surface area contributed by atoms with Crippen LogP contribution in [0.3, 0.4) is 0 Å². The molecule has 20 heavy (non-hydrogen) atoms. The summed E-state index contributed by atoms with van der Waals surface area (Å²) in [4.78, 5) is 0. The lowest BCUT2D eigenvalue weighted by atomic mass is 10.1. The molecule has 2 aromatic rings. The summed E-state index contributed by atoms with van der Waals surface area (Å²) in [5, 5.41) is 12.2. The molecule has 102 valence electrons. The molecule has 0 spiro atoms. The van der Waals surface area contributed by atoms with Gasteiger partial charge in [-0.3, -0.25) is 0 Å². The molecule has 2 aromatic carbocycles. The minimum absolute atomic E-state index is 0.0993. The van der Waals surface area contributed by atoms with Gasteiger partial charge in [0.15, 0.2) is 0 Å². The monoisotopic (exact) mass is 265 g/mol. The highest BCUT2D eigenvalue weighted by atomic mass is 16.2. The van der Waals surface area contributed by atoms with Gasteiger partial charge in [0.05, 0.1) is 0 Å². The Morgan fingerprint density at radius 3 is 2.40 bits per heavy atom. The molecule has 0 saturated carbocycles. The van der Waals surface area contributed by atoms with Crippen LogP contribution >= 0.6 is 0 Å². The minimum atomic E-state index is -0.0993. The molecule has 0 fully saturated rings. The maximum Gasteiger partial charge on any atom is 0.104 e. The average Bonchev–Trinajstić information content (AvgIpc) is 2.52. The molecule has 2 rings (SSSR count). The number of aliphatic hydroxyl groups excluding tert-OH is 1. The summed E-state index contributed by atoms with van der Waals surface area (Å²) < 4.78 is 0. The zero-order valence-electron chi connectivity index (χ0n) is 11.6. The Labute approximate surface area is 120 Å². The highest BCUT2D eigenvalue weighted by Crippen LogP contribution is 2.12. The molecular weight excluding hydrogens is 246 g/mol. The van der Waals surface area contributed by atoms with E-state index >= 15 is 0 Å². The van der Waals surface area contributed by atoms with Crippen LogP contribution in [0.1, 0.15) is 29.7 Å². The Morgan fingerprint density at radius 1 is 1.05 bits per heavy atom. The molecular formula is C18H19NO. The number of aliphatic hydroxyl groups is 1. The summed E-state index contributed by atoms with van der Waals surface area (Å²) in [6, 6.07) is 18.8. The second kappa shape index (κ2) is 7.49. The SMILES string of the molecule is C[C@@H](NCc1ccc(C#CCO)cc1)c1ccccc1. The first-order valence-electron chi connectivity index (χ1n) is 6.76. The second-order valence-electron chi connectivity index (χ2n) is 4.67. The molecule has 0 radical (unpaired) electrons. The highest BCUT2D eigenvalue weighted by Gasteiger charge is 2.03. The van der Waals surface area contributed by atoms with Gasteiger partial charge in [0.2, 0.25) is 0 Å². The predicted molar refractivity (Wildman–Crippen MR) is 82.1 cm³/mol. The standard InChI is InChI=1S/C18H19NO/c1-15(18-7-3-2-4-8-18)19-14-17-11-9-16(10-12-17)6-5-13-20/h2-4,7-12,15,19-20H,13-14H2,1H3/t15-/m1/s1. The zero-order valence-corrected chi connectivity index (χ0v) is 11.6. The summed E-state index contributed by atoms with van der Waals surface area (Å²) in [5.74, 6) is 5.54. The molecule has 0 aliphatic rings. The number of nitrogens with one attached hydrogen (secondary N) is 1. The molecule has 2 nitrogen and oxygen atoms in total. The van der Waals surface area contributed by atoms with Crippen LogP contribution in [0.4, 0.5) is 0 Å². The van der Waals surface area contributed by atoms with E-state index in [-0.39, 0.29) is 6.61 Å². The second-order valence-corrected chi connectivity index (χ2v) is 4.67. The van der Waals surface area contributed by atoms with Crippen molar-refractivity contribution in [2.24, 2.45) is 0 Å². The normalized spacial score (nSPS) is 11.5. The fourth-order valence-corrected chi connectivity index (χ4v) is 1.98. The quantitative estimate of drug-likeness (QED) is 0.833. The van der Waals surface area contributed by atoms with Crippen molar-refractivity contribution in [1.82, 2.24) is 5.32 Å². The van der Waals surface area contributed by atoms with Gasteiger partial charge in [-0.2, -0.15) is 0 Å². The zero-order chi connectivity index (χ0) is 14.2. The lowest BCUT2D eigenvalue weighted by Crippen LogP contribution is -2.17. The third-order valence-electron chi connectivity index (χ3n) is 3.18. The van der Waals surface area contributed by atoms with Gasteiger partial charge >= 0.3 is 0 Å². The Balaban J connectivity index is 1.91.